The van der Waals surface area contributed by atoms with E-state index in [-0.39, 0.29) is 35.1 Å². The van der Waals surface area contributed by atoms with Gasteiger partial charge in [-0.1, -0.05) is 0 Å². The van der Waals surface area contributed by atoms with Gasteiger partial charge in [-0.2, -0.15) is 8.78 Å². The normalized spacial score (nSPS) is 10.4. The van der Waals surface area contributed by atoms with Gasteiger partial charge in [0.1, 0.15) is 11.5 Å². The minimum atomic E-state index is -2.95. The number of hydrogen-bond acceptors (Lipinski definition) is 3. The number of ether oxygens (including phenoxy) is 2. The summed E-state index contributed by atoms with van der Waals surface area (Å²) in [6.07, 6.45) is 0.128. The van der Waals surface area contributed by atoms with E-state index in [9.17, 15) is 13.6 Å². The number of Topliss-reactive ketones (excluding diaryl/α,β-unsaturated/α-hetero) is 1. The van der Waals surface area contributed by atoms with E-state index < -0.39 is 6.61 Å². The molecule has 0 unspecified atom stereocenters. The zero-order valence-corrected chi connectivity index (χ0v) is 9.84. The van der Waals surface area contributed by atoms with E-state index in [4.69, 9.17) is 16.3 Å². The van der Waals surface area contributed by atoms with Crippen molar-refractivity contribution in [2.75, 3.05) is 13.0 Å². The molecule has 0 fully saturated rings. The predicted octanol–water partition coefficient (Wildman–Crippen LogP) is 3.11. The Hall–Kier alpha value is -1.36. The van der Waals surface area contributed by atoms with Crippen molar-refractivity contribution in [2.45, 2.75) is 13.0 Å². The van der Waals surface area contributed by atoms with Crippen molar-refractivity contribution in [1.29, 1.82) is 0 Å². The van der Waals surface area contributed by atoms with Crippen LogP contribution in [-0.2, 0) is 0 Å². The number of ketones is 1. The summed E-state index contributed by atoms with van der Waals surface area (Å²) in [6.45, 7) is -2.95. The molecule has 0 amide bonds. The second-order valence-electron chi connectivity index (χ2n) is 3.14. The Morgan fingerprint density at radius 3 is 2.53 bits per heavy atom. The van der Waals surface area contributed by atoms with E-state index in [0.717, 1.165) is 0 Å². The molecule has 0 saturated heterocycles. The van der Waals surface area contributed by atoms with Crippen LogP contribution < -0.4 is 9.47 Å². The lowest BCUT2D eigenvalue weighted by molar-refractivity contribution is -0.0499. The van der Waals surface area contributed by atoms with Gasteiger partial charge in [-0.05, 0) is 12.1 Å². The molecule has 0 bridgehead atoms. The third-order valence-electron chi connectivity index (χ3n) is 1.98. The first-order valence-electron chi connectivity index (χ1n) is 4.80. The first-order valence-corrected chi connectivity index (χ1v) is 5.33. The van der Waals surface area contributed by atoms with Crippen molar-refractivity contribution >= 4 is 17.4 Å². The van der Waals surface area contributed by atoms with Gasteiger partial charge in [-0.25, -0.2) is 0 Å². The average Bonchev–Trinajstić information content (AvgIpc) is 2.28. The monoisotopic (exact) mass is 264 g/mol. The Labute approximate surface area is 102 Å². The highest BCUT2D eigenvalue weighted by atomic mass is 35.5. The van der Waals surface area contributed by atoms with Crippen LogP contribution in [0, 0.1) is 0 Å². The van der Waals surface area contributed by atoms with Gasteiger partial charge in [0.05, 0.1) is 7.11 Å². The molecular weight excluding hydrogens is 254 g/mol. The van der Waals surface area contributed by atoms with Crippen LogP contribution in [0.1, 0.15) is 16.8 Å². The molecule has 0 heterocycles. The van der Waals surface area contributed by atoms with Crippen LogP contribution in [0.2, 0.25) is 0 Å². The molecule has 0 aliphatic rings. The number of methoxy groups -OCH3 is 1. The van der Waals surface area contributed by atoms with Gasteiger partial charge in [-0.15, -0.1) is 11.6 Å². The van der Waals surface area contributed by atoms with Gasteiger partial charge in [0.15, 0.2) is 5.78 Å². The summed E-state index contributed by atoms with van der Waals surface area (Å²) in [4.78, 5) is 11.6. The fourth-order valence-corrected chi connectivity index (χ4v) is 1.42. The highest BCUT2D eigenvalue weighted by Gasteiger charge is 2.12. The molecule has 3 nitrogen and oxygen atoms in total. The lowest BCUT2D eigenvalue weighted by Gasteiger charge is -2.09. The SMILES string of the molecule is COc1cc(OC(F)F)cc(C(=O)CCCl)c1. The van der Waals surface area contributed by atoms with E-state index >= 15 is 0 Å². The fraction of sp³-hybridized carbons (Fsp3) is 0.364. The topological polar surface area (TPSA) is 35.5 Å². The molecule has 0 aromatic heterocycles. The summed E-state index contributed by atoms with van der Waals surface area (Å²) in [5.41, 5.74) is 0.237. The molecule has 0 N–H and O–H groups in total. The van der Waals surface area contributed by atoms with Crippen LogP contribution >= 0.6 is 11.6 Å². The van der Waals surface area contributed by atoms with Crippen molar-refractivity contribution in [3.63, 3.8) is 0 Å². The standard InChI is InChI=1S/C11H11ClF2O3/c1-16-8-4-7(10(15)2-3-12)5-9(6-8)17-11(13)14/h4-6,11H,2-3H2,1H3. The summed E-state index contributed by atoms with van der Waals surface area (Å²) < 4.78 is 33.3. The van der Waals surface area contributed by atoms with Crippen LogP contribution in [0.5, 0.6) is 11.5 Å². The zero-order valence-electron chi connectivity index (χ0n) is 9.08. The van der Waals surface area contributed by atoms with Gasteiger partial charge >= 0.3 is 6.61 Å². The fourth-order valence-electron chi connectivity index (χ4n) is 1.25. The number of carbonyl (C=O) groups is 1. The predicted molar refractivity (Wildman–Crippen MR) is 59.3 cm³/mol. The Morgan fingerprint density at radius 2 is 2.00 bits per heavy atom. The number of carbonyl (C=O) groups excluding carboxylic acids is 1. The van der Waals surface area contributed by atoms with E-state index in [0.29, 0.717) is 0 Å². The maximum Gasteiger partial charge on any atom is 0.387 e. The number of benzene rings is 1. The molecule has 0 atom stereocenters. The summed E-state index contributed by atoms with van der Waals surface area (Å²) in [5.74, 6) is 0.0810. The molecule has 94 valence electrons. The molecule has 17 heavy (non-hydrogen) atoms. The molecule has 1 aromatic carbocycles. The van der Waals surface area contributed by atoms with Gasteiger partial charge in [-0.3, -0.25) is 4.79 Å². The molecule has 0 aliphatic heterocycles. The largest absolute Gasteiger partial charge is 0.497 e. The van der Waals surface area contributed by atoms with E-state index in [1.165, 1.54) is 25.3 Å². The smallest absolute Gasteiger partial charge is 0.387 e. The van der Waals surface area contributed by atoms with E-state index in [1.807, 2.05) is 0 Å². The molecule has 1 rings (SSSR count). The highest BCUT2D eigenvalue weighted by molar-refractivity contribution is 6.19. The molecule has 1 aromatic rings. The van der Waals surface area contributed by atoms with Crippen molar-refractivity contribution in [2.24, 2.45) is 0 Å². The summed E-state index contributed by atoms with van der Waals surface area (Å²) in [5, 5.41) is 0. The lowest BCUT2D eigenvalue weighted by Crippen LogP contribution is -2.05. The third kappa shape index (κ3) is 4.19. The van der Waals surface area contributed by atoms with Crippen LogP contribution in [0.15, 0.2) is 18.2 Å². The number of halogens is 3. The highest BCUT2D eigenvalue weighted by Crippen LogP contribution is 2.25. The van der Waals surface area contributed by atoms with Crippen molar-refractivity contribution < 1.29 is 23.0 Å². The number of rotatable bonds is 6. The zero-order chi connectivity index (χ0) is 12.8. The first kappa shape index (κ1) is 13.7. The van der Waals surface area contributed by atoms with Crippen LogP contribution in [0.3, 0.4) is 0 Å². The number of hydrogen-bond donors (Lipinski definition) is 0. The van der Waals surface area contributed by atoms with Crippen LogP contribution in [0.4, 0.5) is 8.78 Å². The lowest BCUT2D eigenvalue weighted by atomic mass is 10.1. The Morgan fingerprint density at radius 1 is 1.35 bits per heavy atom. The maximum atomic E-state index is 12.1. The second-order valence-corrected chi connectivity index (χ2v) is 3.52. The summed E-state index contributed by atoms with van der Waals surface area (Å²) in [6, 6.07) is 3.97. The summed E-state index contributed by atoms with van der Waals surface area (Å²) in [7, 11) is 1.37. The Kier molecular flexibility index (Phi) is 5.15. The minimum absolute atomic E-state index is 0.114. The second kappa shape index (κ2) is 6.39. The van der Waals surface area contributed by atoms with E-state index in [2.05, 4.69) is 4.74 Å². The summed E-state index contributed by atoms with van der Waals surface area (Å²) >= 11 is 5.44. The van der Waals surface area contributed by atoms with E-state index in [1.54, 1.807) is 0 Å². The molecule has 6 heteroatoms. The molecular formula is C11H11ClF2O3. The van der Waals surface area contributed by atoms with Gasteiger partial charge < -0.3 is 9.47 Å². The van der Waals surface area contributed by atoms with Gasteiger partial charge in [0.25, 0.3) is 0 Å². The van der Waals surface area contributed by atoms with Crippen LogP contribution in [0.25, 0.3) is 0 Å². The van der Waals surface area contributed by atoms with Gasteiger partial charge in [0, 0.05) is 23.9 Å². The third-order valence-corrected chi connectivity index (χ3v) is 2.17. The number of alkyl halides is 3. The first-order chi connectivity index (χ1) is 8.06. The van der Waals surface area contributed by atoms with Crippen LogP contribution in [-0.4, -0.2) is 25.4 Å². The Balaban J connectivity index is 3.00. The molecule has 0 spiro atoms. The van der Waals surface area contributed by atoms with Gasteiger partial charge in [0.2, 0.25) is 0 Å². The Bertz CT molecular complexity index is 396. The van der Waals surface area contributed by atoms with Crippen molar-refractivity contribution in [1.82, 2.24) is 0 Å². The molecule has 0 saturated carbocycles. The van der Waals surface area contributed by atoms with Crippen molar-refractivity contribution in [3.05, 3.63) is 23.8 Å². The average molecular weight is 265 g/mol. The minimum Gasteiger partial charge on any atom is -0.497 e. The van der Waals surface area contributed by atoms with Crippen molar-refractivity contribution in [3.8, 4) is 11.5 Å². The molecule has 0 radical (unpaired) electrons. The molecule has 0 aliphatic carbocycles. The maximum absolute atomic E-state index is 12.1. The quantitative estimate of drug-likeness (QED) is 0.585.